The summed E-state index contributed by atoms with van der Waals surface area (Å²) in [6.07, 6.45) is 0. The minimum absolute atomic E-state index is 0.0508. The minimum Gasteiger partial charge on any atom is -0.503 e. The fraction of sp³-hybridized carbons (Fsp3) is 0.280. The summed E-state index contributed by atoms with van der Waals surface area (Å²) < 4.78 is 10.6. The number of aliphatic hydroxyl groups excluding tert-OH is 1. The van der Waals surface area contributed by atoms with Crippen LogP contribution in [0.1, 0.15) is 38.3 Å². The van der Waals surface area contributed by atoms with Crippen LogP contribution in [-0.4, -0.2) is 34.0 Å². The molecular weight excluding hydrogens is 422 g/mol. The van der Waals surface area contributed by atoms with E-state index < -0.39 is 23.1 Å². The molecule has 170 valence electrons. The van der Waals surface area contributed by atoms with Gasteiger partial charge in [0.05, 0.1) is 18.7 Å². The van der Waals surface area contributed by atoms with Crippen LogP contribution in [0.2, 0.25) is 0 Å². The first-order valence-corrected chi connectivity index (χ1v) is 10.5. The fourth-order valence-electron chi connectivity index (χ4n) is 3.88. The van der Waals surface area contributed by atoms with Crippen molar-refractivity contribution in [3.05, 3.63) is 71.3 Å². The molecule has 3 aromatic rings. The molecule has 1 unspecified atom stereocenters. The maximum Gasteiger partial charge on any atom is 0.294 e. The number of para-hydroxylation sites is 1. The lowest BCUT2D eigenvalue weighted by Crippen LogP contribution is -2.33. The van der Waals surface area contributed by atoms with Gasteiger partial charge >= 0.3 is 0 Å². The van der Waals surface area contributed by atoms with E-state index in [0.29, 0.717) is 34.3 Å². The Labute approximate surface area is 191 Å². The number of hydrogen-bond donors (Lipinski definition) is 1. The van der Waals surface area contributed by atoms with E-state index >= 15 is 0 Å². The summed E-state index contributed by atoms with van der Waals surface area (Å²) >= 11 is 0. The molecule has 1 aromatic heterocycles. The first-order chi connectivity index (χ1) is 15.6. The molecular formula is C25H25N3O5. The normalized spacial score (nSPS) is 16.5. The molecule has 1 aliphatic heterocycles. The maximum atomic E-state index is 13.4. The molecule has 8 heteroatoms. The van der Waals surface area contributed by atoms with Gasteiger partial charge in [0.1, 0.15) is 5.75 Å². The van der Waals surface area contributed by atoms with Gasteiger partial charge < -0.3 is 14.4 Å². The number of rotatable bonds is 5. The van der Waals surface area contributed by atoms with Crippen LogP contribution in [0.4, 0.5) is 5.69 Å². The van der Waals surface area contributed by atoms with E-state index in [0.717, 1.165) is 0 Å². The summed E-state index contributed by atoms with van der Waals surface area (Å²) in [5, 5.41) is 14.8. The number of aryl methyl sites for hydroxylation is 1. The molecule has 1 N–H and O–H groups in total. The Balaban J connectivity index is 1.84. The second kappa shape index (κ2) is 8.20. The zero-order chi connectivity index (χ0) is 23.9. The van der Waals surface area contributed by atoms with Gasteiger partial charge in [0.15, 0.2) is 11.5 Å². The molecule has 1 amide bonds. The molecule has 4 rings (SSSR count). The zero-order valence-corrected chi connectivity index (χ0v) is 19.1. The smallest absolute Gasteiger partial charge is 0.294 e. The van der Waals surface area contributed by atoms with E-state index in [2.05, 4.69) is 10.1 Å². The third kappa shape index (κ3) is 3.88. The van der Waals surface area contributed by atoms with Crippen molar-refractivity contribution in [1.29, 1.82) is 0 Å². The van der Waals surface area contributed by atoms with E-state index in [4.69, 9.17) is 9.26 Å². The monoisotopic (exact) mass is 447 g/mol. The van der Waals surface area contributed by atoms with Crippen LogP contribution in [0.15, 0.2) is 64.4 Å². The van der Waals surface area contributed by atoms with Crippen LogP contribution in [-0.2, 0) is 9.59 Å². The first kappa shape index (κ1) is 22.3. The zero-order valence-electron chi connectivity index (χ0n) is 19.1. The van der Waals surface area contributed by atoms with Gasteiger partial charge in [0.2, 0.25) is 11.7 Å². The molecule has 0 radical (unpaired) electrons. The summed E-state index contributed by atoms with van der Waals surface area (Å²) in [5.41, 5.74) is 1.06. The van der Waals surface area contributed by atoms with E-state index in [1.54, 1.807) is 76.2 Å². The second-order valence-electron chi connectivity index (χ2n) is 8.84. The predicted molar refractivity (Wildman–Crippen MR) is 122 cm³/mol. The van der Waals surface area contributed by atoms with E-state index in [1.807, 2.05) is 0 Å². The highest BCUT2D eigenvalue weighted by Gasteiger charge is 2.47. The quantitative estimate of drug-likeness (QED) is 0.611. The van der Waals surface area contributed by atoms with Gasteiger partial charge in [-0.1, -0.05) is 44.1 Å². The molecule has 8 nitrogen and oxygen atoms in total. The van der Waals surface area contributed by atoms with Crippen LogP contribution < -0.4 is 9.64 Å². The van der Waals surface area contributed by atoms with Gasteiger partial charge in [-0.05, 0) is 30.3 Å². The summed E-state index contributed by atoms with van der Waals surface area (Å²) in [7, 11) is 1.52. The molecule has 0 saturated carbocycles. The predicted octanol–water partition coefficient (Wildman–Crippen LogP) is 4.57. The van der Waals surface area contributed by atoms with E-state index in [-0.39, 0.29) is 11.4 Å². The number of ketones is 1. The number of ether oxygens (including phenoxy) is 1. The van der Waals surface area contributed by atoms with Crippen LogP contribution in [0.25, 0.3) is 11.4 Å². The van der Waals surface area contributed by atoms with Gasteiger partial charge in [0.25, 0.3) is 5.91 Å². The largest absolute Gasteiger partial charge is 0.503 e. The Morgan fingerprint density at radius 1 is 1.12 bits per heavy atom. The molecule has 0 aliphatic carbocycles. The van der Waals surface area contributed by atoms with Crippen molar-refractivity contribution in [2.45, 2.75) is 33.7 Å². The number of aromatic nitrogens is 2. The second-order valence-corrected chi connectivity index (χ2v) is 8.84. The number of methoxy groups -OCH3 is 1. The molecule has 0 bridgehead atoms. The van der Waals surface area contributed by atoms with Gasteiger partial charge in [-0.15, -0.1) is 0 Å². The van der Waals surface area contributed by atoms with Gasteiger partial charge in [-0.2, -0.15) is 4.98 Å². The fourth-order valence-corrected chi connectivity index (χ4v) is 3.88. The van der Waals surface area contributed by atoms with Crippen LogP contribution in [0, 0.1) is 12.3 Å². The molecule has 1 atom stereocenters. The summed E-state index contributed by atoms with van der Waals surface area (Å²) in [6, 6.07) is 13.3. The number of benzene rings is 2. The average Bonchev–Trinajstić information content (AvgIpc) is 3.34. The third-order valence-electron chi connectivity index (χ3n) is 5.50. The van der Waals surface area contributed by atoms with Crippen LogP contribution >= 0.6 is 0 Å². The van der Waals surface area contributed by atoms with Crippen molar-refractivity contribution in [2.75, 3.05) is 12.0 Å². The number of aliphatic hydroxyl groups is 1. The number of carbonyl (C=O) groups excluding carboxylic acids is 2. The van der Waals surface area contributed by atoms with E-state index in [9.17, 15) is 14.7 Å². The number of carbonyl (C=O) groups is 2. The number of Topliss-reactive ketones (excluding diaryl/α,β-unsaturated/α-hetero) is 1. The van der Waals surface area contributed by atoms with Crippen LogP contribution in [0.3, 0.4) is 0 Å². The van der Waals surface area contributed by atoms with Crippen molar-refractivity contribution in [3.8, 4) is 17.1 Å². The molecule has 0 saturated heterocycles. The number of nitrogens with zero attached hydrogens (tertiary/aromatic N) is 3. The van der Waals surface area contributed by atoms with Crippen molar-refractivity contribution in [3.63, 3.8) is 0 Å². The van der Waals surface area contributed by atoms with Crippen LogP contribution in [0.5, 0.6) is 5.75 Å². The van der Waals surface area contributed by atoms with Gasteiger partial charge in [-0.3, -0.25) is 14.5 Å². The number of anilines is 1. The Bertz CT molecular complexity index is 1250. The highest BCUT2D eigenvalue weighted by Crippen LogP contribution is 2.45. The third-order valence-corrected chi connectivity index (χ3v) is 5.50. The molecule has 0 spiro atoms. The lowest BCUT2D eigenvalue weighted by molar-refractivity contribution is -0.123. The highest BCUT2D eigenvalue weighted by atomic mass is 16.5. The van der Waals surface area contributed by atoms with Gasteiger partial charge in [0, 0.05) is 29.2 Å². The topological polar surface area (TPSA) is 106 Å². The summed E-state index contributed by atoms with van der Waals surface area (Å²) in [5.74, 6) is -0.138. The molecule has 2 heterocycles. The van der Waals surface area contributed by atoms with E-state index in [1.165, 1.54) is 12.0 Å². The summed E-state index contributed by atoms with van der Waals surface area (Å²) in [6.45, 7) is 6.96. The lowest BCUT2D eigenvalue weighted by atomic mass is 9.82. The Kier molecular flexibility index (Phi) is 5.53. The Morgan fingerprint density at radius 3 is 2.36 bits per heavy atom. The Morgan fingerprint density at radius 2 is 1.79 bits per heavy atom. The molecule has 0 fully saturated rings. The Hall–Kier alpha value is -3.94. The van der Waals surface area contributed by atoms with Crippen molar-refractivity contribution < 1.29 is 24.0 Å². The van der Waals surface area contributed by atoms with Crippen molar-refractivity contribution >= 4 is 17.4 Å². The van der Waals surface area contributed by atoms with Crippen molar-refractivity contribution in [2.24, 2.45) is 5.41 Å². The van der Waals surface area contributed by atoms with Crippen molar-refractivity contribution in [1.82, 2.24) is 10.1 Å². The minimum atomic E-state index is -0.848. The maximum absolute atomic E-state index is 13.4. The highest BCUT2D eigenvalue weighted by molar-refractivity contribution is 6.17. The first-order valence-electron chi connectivity index (χ1n) is 10.5. The standard InChI is InChI=1S/C25H25N3O5/c1-14-26-23(27-33-14)15-10-12-16(13-11-15)28-20(17-8-6-7-9-18(17)32-5)19(21(29)24(28)31)22(30)25(2,3)4/h6-13,20,29H,1-5H3. The molecule has 2 aromatic carbocycles. The molecule has 33 heavy (non-hydrogen) atoms. The number of amides is 1. The lowest BCUT2D eigenvalue weighted by Gasteiger charge is -2.29. The SMILES string of the molecule is COc1ccccc1C1C(C(=O)C(C)(C)C)=C(O)C(=O)N1c1ccc(-c2noc(C)n2)cc1. The van der Waals surface area contributed by atoms with Gasteiger partial charge in [-0.25, -0.2) is 0 Å². The molecule has 1 aliphatic rings. The summed E-state index contributed by atoms with van der Waals surface area (Å²) in [4.78, 5) is 32.3. The average molecular weight is 447 g/mol. The number of hydrogen-bond acceptors (Lipinski definition) is 7.